The normalized spacial score (nSPS) is 11.7. The van der Waals surface area contributed by atoms with Gasteiger partial charge in [0.05, 0.1) is 26.7 Å². The molecule has 0 heterocycles. The molecular weight excluding hydrogens is 290 g/mol. The van der Waals surface area contributed by atoms with Crippen molar-refractivity contribution in [3.63, 3.8) is 0 Å². The van der Waals surface area contributed by atoms with Gasteiger partial charge in [-0.15, -0.1) is 0 Å². The second kappa shape index (κ2) is 7.68. The lowest BCUT2D eigenvalue weighted by atomic mass is 10.0. The zero-order valence-electron chi connectivity index (χ0n) is 14.1. The molecule has 0 aliphatic carbocycles. The lowest BCUT2D eigenvalue weighted by molar-refractivity contribution is -0.121. The molecule has 2 aromatic rings. The maximum Gasteiger partial charge on any atom is 0.224 e. The molecule has 1 N–H and O–H groups in total. The van der Waals surface area contributed by atoms with Crippen molar-refractivity contribution in [2.45, 2.75) is 26.3 Å². The predicted octanol–water partition coefficient (Wildman–Crippen LogP) is 3.43. The summed E-state index contributed by atoms with van der Waals surface area (Å²) in [6, 6.07) is 13.6. The van der Waals surface area contributed by atoms with Crippen LogP contribution in [-0.2, 0) is 11.2 Å². The molecule has 2 aromatic carbocycles. The molecule has 1 atom stereocenters. The molecule has 2 rings (SSSR count). The first-order valence-electron chi connectivity index (χ1n) is 7.61. The Morgan fingerprint density at radius 3 is 2.30 bits per heavy atom. The van der Waals surface area contributed by atoms with E-state index in [0.29, 0.717) is 17.9 Å². The van der Waals surface area contributed by atoms with Crippen LogP contribution in [0, 0.1) is 6.92 Å². The summed E-state index contributed by atoms with van der Waals surface area (Å²) in [6.07, 6.45) is 0.309. The van der Waals surface area contributed by atoms with Crippen LogP contribution in [-0.4, -0.2) is 20.1 Å². The number of nitrogens with one attached hydrogen (secondary N) is 1. The molecule has 0 radical (unpaired) electrons. The number of benzene rings is 2. The monoisotopic (exact) mass is 313 g/mol. The van der Waals surface area contributed by atoms with Crippen molar-refractivity contribution in [1.29, 1.82) is 0 Å². The Labute approximate surface area is 137 Å². The molecule has 4 heteroatoms. The number of rotatable bonds is 6. The second-order valence-electron chi connectivity index (χ2n) is 5.51. The van der Waals surface area contributed by atoms with Crippen molar-refractivity contribution in [3.8, 4) is 11.5 Å². The Balaban J connectivity index is 2.08. The van der Waals surface area contributed by atoms with Crippen LogP contribution in [0.1, 0.15) is 29.7 Å². The van der Waals surface area contributed by atoms with E-state index >= 15 is 0 Å². The zero-order valence-corrected chi connectivity index (χ0v) is 14.1. The summed E-state index contributed by atoms with van der Waals surface area (Å²) in [5.74, 6) is 1.29. The molecule has 0 aliphatic heterocycles. The van der Waals surface area contributed by atoms with Gasteiger partial charge < -0.3 is 14.8 Å². The fourth-order valence-electron chi connectivity index (χ4n) is 2.50. The molecule has 0 aliphatic rings. The summed E-state index contributed by atoms with van der Waals surface area (Å²) in [5, 5.41) is 3.03. The van der Waals surface area contributed by atoms with Crippen LogP contribution in [0.15, 0.2) is 42.5 Å². The first-order valence-corrected chi connectivity index (χ1v) is 7.61. The summed E-state index contributed by atoms with van der Waals surface area (Å²) < 4.78 is 10.6. The van der Waals surface area contributed by atoms with Gasteiger partial charge in [-0.2, -0.15) is 0 Å². The second-order valence-corrected chi connectivity index (χ2v) is 5.51. The number of aryl methyl sites for hydroxylation is 1. The Kier molecular flexibility index (Phi) is 5.63. The Hall–Kier alpha value is -2.49. The van der Waals surface area contributed by atoms with E-state index in [-0.39, 0.29) is 11.9 Å². The van der Waals surface area contributed by atoms with Crippen LogP contribution >= 0.6 is 0 Å². The summed E-state index contributed by atoms with van der Waals surface area (Å²) in [5.41, 5.74) is 3.02. The minimum atomic E-state index is -0.0239. The third-order valence-corrected chi connectivity index (χ3v) is 3.87. The van der Waals surface area contributed by atoms with E-state index in [1.54, 1.807) is 14.2 Å². The molecule has 0 fully saturated rings. The van der Waals surface area contributed by atoms with Crippen molar-refractivity contribution in [2.24, 2.45) is 0 Å². The van der Waals surface area contributed by atoms with Gasteiger partial charge in [0.1, 0.15) is 0 Å². The average molecular weight is 313 g/mol. The van der Waals surface area contributed by atoms with E-state index in [9.17, 15) is 4.79 Å². The van der Waals surface area contributed by atoms with Gasteiger partial charge in [0.2, 0.25) is 5.91 Å². The first-order chi connectivity index (χ1) is 11.0. The number of carbonyl (C=O) groups excluding carboxylic acids is 1. The lowest BCUT2D eigenvalue weighted by Crippen LogP contribution is -2.28. The largest absolute Gasteiger partial charge is 0.493 e. The number of carbonyl (C=O) groups is 1. The third kappa shape index (κ3) is 4.25. The van der Waals surface area contributed by atoms with E-state index < -0.39 is 0 Å². The summed E-state index contributed by atoms with van der Waals surface area (Å²) in [6.45, 7) is 3.94. The summed E-state index contributed by atoms with van der Waals surface area (Å²) in [4.78, 5) is 12.3. The number of methoxy groups -OCH3 is 2. The van der Waals surface area contributed by atoms with Gasteiger partial charge in [0.25, 0.3) is 0 Å². The lowest BCUT2D eigenvalue weighted by Gasteiger charge is -2.16. The highest BCUT2D eigenvalue weighted by Gasteiger charge is 2.14. The van der Waals surface area contributed by atoms with Crippen molar-refractivity contribution >= 4 is 5.91 Å². The third-order valence-electron chi connectivity index (χ3n) is 3.87. The van der Waals surface area contributed by atoms with Crippen molar-refractivity contribution < 1.29 is 14.3 Å². The summed E-state index contributed by atoms with van der Waals surface area (Å²) >= 11 is 0. The number of ether oxygens (including phenoxy) is 2. The van der Waals surface area contributed by atoms with E-state index in [1.807, 2.05) is 56.3 Å². The average Bonchev–Trinajstić information content (AvgIpc) is 2.56. The topological polar surface area (TPSA) is 47.6 Å². The van der Waals surface area contributed by atoms with Crippen molar-refractivity contribution in [3.05, 3.63) is 59.2 Å². The number of hydrogen-bond donors (Lipinski definition) is 1. The van der Waals surface area contributed by atoms with Crippen LogP contribution in [0.5, 0.6) is 11.5 Å². The van der Waals surface area contributed by atoms with Crippen LogP contribution in [0.4, 0.5) is 0 Å². The van der Waals surface area contributed by atoms with Gasteiger partial charge in [-0.25, -0.2) is 0 Å². The van der Waals surface area contributed by atoms with Crippen LogP contribution < -0.4 is 14.8 Å². The van der Waals surface area contributed by atoms with Gasteiger partial charge in [0, 0.05) is 0 Å². The van der Waals surface area contributed by atoms with Gasteiger partial charge >= 0.3 is 0 Å². The minimum absolute atomic E-state index is 0.0170. The molecular formula is C19H23NO3. The molecule has 0 saturated carbocycles. The Morgan fingerprint density at radius 2 is 1.70 bits per heavy atom. The minimum Gasteiger partial charge on any atom is -0.493 e. The van der Waals surface area contributed by atoms with Gasteiger partial charge in [0.15, 0.2) is 11.5 Å². The fraction of sp³-hybridized carbons (Fsp3) is 0.316. The molecule has 0 aromatic heterocycles. The quantitative estimate of drug-likeness (QED) is 0.889. The van der Waals surface area contributed by atoms with Gasteiger partial charge in [-0.3, -0.25) is 4.79 Å². The van der Waals surface area contributed by atoms with E-state index in [0.717, 1.165) is 16.7 Å². The zero-order chi connectivity index (χ0) is 16.8. The van der Waals surface area contributed by atoms with Crippen LogP contribution in [0.25, 0.3) is 0 Å². The maximum absolute atomic E-state index is 12.3. The standard InChI is InChI=1S/C19H23NO3/c1-13-10-17(22-3)18(23-4)11-16(13)12-19(21)20-14(2)15-8-6-5-7-9-15/h5-11,14H,12H2,1-4H3,(H,20,21). The first kappa shape index (κ1) is 16.9. The van der Waals surface area contributed by atoms with Gasteiger partial charge in [-0.1, -0.05) is 30.3 Å². The Bertz CT molecular complexity index is 668. The molecule has 1 amide bonds. The molecule has 1 unspecified atom stereocenters. The number of hydrogen-bond acceptors (Lipinski definition) is 3. The highest BCUT2D eigenvalue weighted by atomic mass is 16.5. The summed E-state index contributed by atoms with van der Waals surface area (Å²) in [7, 11) is 3.19. The number of amides is 1. The van der Waals surface area contributed by atoms with Crippen molar-refractivity contribution in [2.75, 3.05) is 14.2 Å². The molecule has 0 saturated heterocycles. The van der Waals surface area contributed by atoms with Crippen LogP contribution in [0.2, 0.25) is 0 Å². The molecule has 0 spiro atoms. The maximum atomic E-state index is 12.3. The predicted molar refractivity (Wildman–Crippen MR) is 91.0 cm³/mol. The SMILES string of the molecule is COc1cc(C)c(CC(=O)NC(C)c2ccccc2)cc1OC. The fourth-order valence-corrected chi connectivity index (χ4v) is 2.50. The highest BCUT2D eigenvalue weighted by Crippen LogP contribution is 2.30. The van der Waals surface area contributed by atoms with E-state index in [2.05, 4.69) is 5.32 Å². The molecule has 122 valence electrons. The van der Waals surface area contributed by atoms with Crippen LogP contribution in [0.3, 0.4) is 0 Å². The molecule has 23 heavy (non-hydrogen) atoms. The smallest absolute Gasteiger partial charge is 0.224 e. The van der Waals surface area contributed by atoms with Crippen molar-refractivity contribution in [1.82, 2.24) is 5.32 Å². The Morgan fingerprint density at radius 1 is 1.09 bits per heavy atom. The van der Waals surface area contributed by atoms with E-state index in [4.69, 9.17) is 9.47 Å². The molecule has 0 bridgehead atoms. The van der Waals surface area contributed by atoms with Gasteiger partial charge in [-0.05, 0) is 42.7 Å². The van der Waals surface area contributed by atoms with E-state index in [1.165, 1.54) is 0 Å². The highest BCUT2D eigenvalue weighted by molar-refractivity contribution is 5.79. The molecule has 4 nitrogen and oxygen atoms in total.